The molecule has 35 heavy (non-hydrogen) atoms. The highest BCUT2D eigenvalue weighted by molar-refractivity contribution is 6.07. The van der Waals surface area contributed by atoms with Crippen LogP contribution in [0.15, 0.2) is 48.5 Å². The van der Waals surface area contributed by atoms with Crippen LogP contribution in [0.4, 0.5) is 11.4 Å². The Bertz CT molecular complexity index is 1260. The first kappa shape index (κ1) is 24.2. The minimum atomic E-state index is -0.413. The van der Waals surface area contributed by atoms with Gasteiger partial charge in [-0.25, -0.2) is 0 Å². The smallest absolute Gasteiger partial charge is 0.312 e. The molecule has 4 rings (SSSR count). The van der Waals surface area contributed by atoms with E-state index in [1.165, 1.54) is 0 Å². The summed E-state index contributed by atoms with van der Waals surface area (Å²) in [5.41, 5.74) is 4.18. The highest BCUT2D eigenvalue weighted by Gasteiger charge is 2.22. The second-order valence-corrected chi connectivity index (χ2v) is 8.35. The predicted octanol–water partition coefficient (Wildman–Crippen LogP) is 4.20. The molecule has 2 aromatic carbocycles. The molecule has 0 amide bonds. The highest BCUT2D eigenvalue weighted by atomic mass is 16.6. The van der Waals surface area contributed by atoms with Gasteiger partial charge in [0.2, 0.25) is 0 Å². The molecular formula is C26H28N4O5. The van der Waals surface area contributed by atoms with Crippen LogP contribution >= 0.6 is 0 Å². The number of anilines is 1. The number of ether oxygens (including phenoxy) is 2. The van der Waals surface area contributed by atoms with Crippen molar-refractivity contribution in [2.75, 3.05) is 38.3 Å². The number of ketones is 1. The van der Waals surface area contributed by atoms with Crippen LogP contribution in [-0.2, 0) is 11.3 Å². The lowest BCUT2D eigenvalue weighted by atomic mass is 10.1. The van der Waals surface area contributed by atoms with Crippen molar-refractivity contribution in [3.8, 4) is 5.75 Å². The van der Waals surface area contributed by atoms with Gasteiger partial charge in [-0.2, -0.15) is 5.10 Å². The van der Waals surface area contributed by atoms with Crippen LogP contribution in [0.2, 0.25) is 0 Å². The van der Waals surface area contributed by atoms with E-state index >= 15 is 0 Å². The van der Waals surface area contributed by atoms with Gasteiger partial charge in [0.1, 0.15) is 17.1 Å². The van der Waals surface area contributed by atoms with E-state index in [1.807, 2.05) is 42.5 Å². The lowest BCUT2D eigenvalue weighted by Crippen LogP contribution is -2.36. The molecule has 182 valence electrons. The number of benzene rings is 2. The summed E-state index contributed by atoms with van der Waals surface area (Å²) >= 11 is 0. The molecule has 3 aromatic rings. The monoisotopic (exact) mass is 476 g/mol. The average molecular weight is 477 g/mol. The number of allylic oxidation sites excluding steroid dienone is 1. The van der Waals surface area contributed by atoms with Crippen molar-refractivity contribution in [1.82, 2.24) is 9.78 Å². The fourth-order valence-corrected chi connectivity index (χ4v) is 4.22. The van der Waals surface area contributed by atoms with E-state index in [-0.39, 0.29) is 11.5 Å². The number of hydrogen-bond acceptors (Lipinski definition) is 7. The third-order valence-electron chi connectivity index (χ3n) is 6.11. The fraction of sp³-hybridized carbons (Fsp3) is 0.308. The number of rotatable bonds is 8. The van der Waals surface area contributed by atoms with Crippen molar-refractivity contribution < 1.29 is 19.2 Å². The lowest BCUT2D eigenvalue weighted by molar-refractivity contribution is -0.386. The standard InChI is InChI=1S/C26H28N4O5/c1-18-26(30(32)33)19(2)29(27-18)17-22-16-20(5-11-25(22)34-3)4-10-24(31)21-6-8-23(9-7-21)28-12-14-35-15-13-28/h4-11,16H,12-15,17H2,1-3H3/b10-4+. The number of carbonyl (C=O) groups excluding carboxylic acids is 1. The van der Waals surface area contributed by atoms with Crippen LogP contribution in [0.5, 0.6) is 5.75 Å². The molecule has 0 saturated carbocycles. The van der Waals surface area contributed by atoms with E-state index in [9.17, 15) is 14.9 Å². The summed E-state index contributed by atoms with van der Waals surface area (Å²) in [7, 11) is 1.57. The van der Waals surface area contributed by atoms with Gasteiger partial charge < -0.3 is 14.4 Å². The average Bonchev–Trinajstić information content (AvgIpc) is 3.15. The Hall–Kier alpha value is -3.98. The van der Waals surface area contributed by atoms with Gasteiger partial charge >= 0.3 is 5.69 Å². The molecule has 0 bridgehead atoms. The molecular weight excluding hydrogens is 448 g/mol. The van der Waals surface area contributed by atoms with Crippen molar-refractivity contribution in [3.05, 3.63) is 86.7 Å². The third kappa shape index (κ3) is 5.41. The van der Waals surface area contributed by atoms with Crippen molar-refractivity contribution in [2.24, 2.45) is 0 Å². The van der Waals surface area contributed by atoms with Crippen LogP contribution in [0, 0.1) is 24.0 Å². The van der Waals surface area contributed by atoms with Crippen molar-refractivity contribution in [3.63, 3.8) is 0 Å². The zero-order valence-corrected chi connectivity index (χ0v) is 20.1. The van der Waals surface area contributed by atoms with Crippen LogP contribution in [0.1, 0.15) is 32.9 Å². The summed E-state index contributed by atoms with van der Waals surface area (Å²) in [6.07, 6.45) is 3.30. The van der Waals surface area contributed by atoms with Gasteiger partial charge in [0.15, 0.2) is 5.78 Å². The molecule has 0 spiro atoms. The minimum Gasteiger partial charge on any atom is -0.496 e. The minimum absolute atomic E-state index is 0.0188. The summed E-state index contributed by atoms with van der Waals surface area (Å²) in [5.74, 6) is 0.549. The molecule has 1 saturated heterocycles. The molecule has 0 aliphatic carbocycles. The summed E-state index contributed by atoms with van der Waals surface area (Å²) in [6, 6.07) is 13.2. The fourth-order valence-electron chi connectivity index (χ4n) is 4.22. The van der Waals surface area contributed by atoms with Gasteiger partial charge in [0, 0.05) is 29.9 Å². The van der Waals surface area contributed by atoms with E-state index in [0.29, 0.717) is 42.5 Å². The molecule has 1 aromatic heterocycles. The number of methoxy groups -OCH3 is 1. The van der Waals surface area contributed by atoms with Gasteiger partial charge in [-0.1, -0.05) is 12.1 Å². The molecule has 9 nitrogen and oxygen atoms in total. The van der Waals surface area contributed by atoms with E-state index in [0.717, 1.165) is 29.9 Å². The van der Waals surface area contributed by atoms with Crippen LogP contribution in [0.25, 0.3) is 6.08 Å². The Morgan fingerprint density at radius 3 is 2.51 bits per heavy atom. The number of nitro groups is 1. The molecule has 0 atom stereocenters. The number of nitrogens with zero attached hydrogens (tertiary/aromatic N) is 4. The van der Waals surface area contributed by atoms with E-state index in [1.54, 1.807) is 37.8 Å². The summed E-state index contributed by atoms with van der Waals surface area (Å²) in [4.78, 5) is 25.9. The first-order chi connectivity index (χ1) is 16.9. The molecule has 0 unspecified atom stereocenters. The lowest BCUT2D eigenvalue weighted by Gasteiger charge is -2.28. The zero-order chi connectivity index (χ0) is 24.9. The highest BCUT2D eigenvalue weighted by Crippen LogP contribution is 2.26. The Labute approximate surface area is 203 Å². The molecule has 1 aliphatic rings. The topological polar surface area (TPSA) is 99.7 Å². The Balaban J connectivity index is 1.50. The molecule has 2 heterocycles. The summed E-state index contributed by atoms with van der Waals surface area (Å²) in [5, 5.41) is 15.7. The van der Waals surface area contributed by atoms with Crippen LogP contribution in [-0.4, -0.2) is 53.9 Å². The predicted molar refractivity (Wildman–Crippen MR) is 133 cm³/mol. The Morgan fingerprint density at radius 2 is 1.89 bits per heavy atom. The van der Waals surface area contributed by atoms with Crippen molar-refractivity contribution in [2.45, 2.75) is 20.4 Å². The van der Waals surface area contributed by atoms with Crippen molar-refractivity contribution >= 4 is 23.2 Å². The number of aryl methyl sites for hydroxylation is 1. The third-order valence-corrected chi connectivity index (χ3v) is 6.11. The maximum Gasteiger partial charge on any atom is 0.312 e. The molecule has 1 fully saturated rings. The first-order valence-corrected chi connectivity index (χ1v) is 11.4. The quantitative estimate of drug-likeness (QED) is 0.208. The van der Waals surface area contributed by atoms with E-state index < -0.39 is 4.92 Å². The van der Waals surface area contributed by atoms with E-state index in [4.69, 9.17) is 9.47 Å². The Kier molecular flexibility index (Phi) is 7.26. The SMILES string of the molecule is COc1ccc(/C=C/C(=O)c2ccc(N3CCOCC3)cc2)cc1Cn1nc(C)c([N+](=O)[O-])c1C. The number of carbonyl (C=O) groups is 1. The first-order valence-electron chi connectivity index (χ1n) is 11.4. The second-order valence-electron chi connectivity index (χ2n) is 8.35. The molecule has 1 aliphatic heterocycles. The molecule has 9 heteroatoms. The summed E-state index contributed by atoms with van der Waals surface area (Å²) < 4.78 is 12.5. The van der Waals surface area contributed by atoms with E-state index in [2.05, 4.69) is 10.00 Å². The van der Waals surface area contributed by atoms with Crippen LogP contribution in [0.3, 0.4) is 0 Å². The maximum absolute atomic E-state index is 12.7. The van der Waals surface area contributed by atoms with Gasteiger partial charge in [0.25, 0.3) is 0 Å². The number of aromatic nitrogens is 2. The van der Waals surface area contributed by atoms with Gasteiger partial charge in [0.05, 0.1) is 31.8 Å². The van der Waals surface area contributed by atoms with Gasteiger partial charge in [-0.15, -0.1) is 0 Å². The maximum atomic E-state index is 12.7. The number of morpholine rings is 1. The summed E-state index contributed by atoms with van der Waals surface area (Å²) in [6.45, 7) is 6.72. The Morgan fingerprint density at radius 1 is 1.17 bits per heavy atom. The largest absolute Gasteiger partial charge is 0.496 e. The second kappa shape index (κ2) is 10.5. The van der Waals surface area contributed by atoms with Gasteiger partial charge in [-0.05, 0) is 61.9 Å². The molecule has 0 radical (unpaired) electrons. The zero-order valence-electron chi connectivity index (χ0n) is 20.1. The normalized spacial score (nSPS) is 13.9. The molecule has 0 N–H and O–H groups in total. The van der Waals surface area contributed by atoms with Crippen LogP contribution < -0.4 is 9.64 Å². The number of hydrogen-bond donors (Lipinski definition) is 0. The van der Waals surface area contributed by atoms with Crippen molar-refractivity contribution in [1.29, 1.82) is 0 Å². The van der Waals surface area contributed by atoms with Gasteiger partial charge in [-0.3, -0.25) is 19.6 Å².